The number of benzene rings is 3. The Bertz CT molecular complexity index is 1820. The summed E-state index contributed by atoms with van der Waals surface area (Å²) in [7, 11) is 0. The van der Waals surface area contributed by atoms with E-state index in [1.807, 2.05) is 50.3 Å². The van der Waals surface area contributed by atoms with Gasteiger partial charge in [0.15, 0.2) is 11.9 Å². The van der Waals surface area contributed by atoms with Crippen molar-refractivity contribution >= 4 is 23.6 Å². The average Bonchev–Trinajstić information content (AvgIpc) is 3.05. The molecule has 2 unspecified atom stereocenters. The zero-order valence-electron chi connectivity index (χ0n) is 28.4. The van der Waals surface area contributed by atoms with Gasteiger partial charge in [-0.2, -0.15) is 0 Å². The van der Waals surface area contributed by atoms with Crippen molar-refractivity contribution in [3.05, 3.63) is 117 Å². The fourth-order valence-corrected chi connectivity index (χ4v) is 4.82. The Morgan fingerprint density at radius 1 is 0.612 bits per heavy atom. The minimum absolute atomic E-state index is 0.00745. The molecule has 2 atom stereocenters. The monoisotopic (exact) mass is 656 g/mol. The van der Waals surface area contributed by atoms with Crippen molar-refractivity contribution in [1.82, 2.24) is 0 Å². The van der Waals surface area contributed by atoms with E-state index in [4.69, 9.17) is 45.2 Å². The van der Waals surface area contributed by atoms with Crippen LogP contribution < -0.4 is 34.4 Å². The van der Waals surface area contributed by atoms with Gasteiger partial charge in [0.25, 0.3) is 0 Å². The first-order chi connectivity index (χ1) is 23.4. The fourth-order valence-electron chi connectivity index (χ4n) is 4.82. The third-order valence-corrected chi connectivity index (χ3v) is 7.75. The van der Waals surface area contributed by atoms with Crippen molar-refractivity contribution in [2.75, 3.05) is 13.1 Å². The molecule has 0 aromatic heterocycles. The van der Waals surface area contributed by atoms with Crippen molar-refractivity contribution in [3.8, 4) is 23.7 Å². The first kappa shape index (κ1) is 37.5. The molecule has 0 fully saturated rings. The SMILES string of the molecule is CC(/C=C\Cc1cc(C#Cc2ccc(C#Cc3cc(CCN=C(N)N)cc(CCC(C)C(=N)N)c3)cc2)cc(CCN=C(N)N)c1)C(=N)N. The lowest BCUT2D eigenvalue weighted by Gasteiger charge is -2.11. The Kier molecular flexibility index (Phi) is 14.5. The van der Waals surface area contributed by atoms with E-state index < -0.39 is 0 Å². The summed E-state index contributed by atoms with van der Waals surface area (Å²) >= 11 is 0. The highest BCUT2D eigenvalue weighted by molar-refractivity contribution is 5.81. The van der Waals surface area contributed by atoms with Crippen LogP contribution in [0, 0.1) is 46.3 Å². The van der Waals surface area contributed by atoms with Crippen molar-refractivity contribution in [3.63, 3.8) is 0 Å². The van der Waals surface area contributed by atoms with E-state index in [0.29, 0.717) is 32.4 Å². The standard InChI is InChI=1S/C39H48N10/c1-26(36(40)41)4-3-5-30-20-32(24-34(21-30)16-18-48-38(44)45)14-12-28-8-10-29(11-9-28)13-15-33-22-31(7-6-27(2)37(42)43)23-35(25-33)17-19-49-39(46)47/h3-4,8-11,20-27H,5-7,16-19H2,1-2H3,(H3,40,41)(H3,42,43)(H4,44,45,48)(H4,46,47,49)/b4-3-. The highest BCUT2D eigenvalue weighted by Gasteiger charge is 2.08. The molecule has 14 N–H and O–H groups in total. The van der Waals surface area contributed by atoms with Crippen LogP contribution in [0.15, 0.2) is 82.8 Å². The van der Waals surface area contributed by atoms with Crippen LogP contribution in [0.25, 0.3) is 0 Å². The number of nitrogens with one attached hydrogen (secondary N) is 2. The Hall–Kier alpha value is -6.00. The van der Waals surface area contributed by atoms with E-state index in [1.165, 1.54) is 0 Å². The molecular formula is C39H48N10. The second-order valence-electron chi connectivity index (χ2n) is 12.0. The molecule has 10 nitrogen and oxygen atoms in total. The lowest BCUT2D eigenvalue weighted by atomic mass is 9.96. The third-order valence-electron chi connectivity index (χ3n) is 7.75. The van der Waals surface area contributed by atoms with E-state index >= 15 is 0 Å². The quantitative estimate of drug-likeness (QED) is 0.0561. The molecule has 0 amide bonds. The van der Waals surface area contributed by atoms with Crippen LogP contribution in [0.1, 0.15) is 64.8 Å². The van der Waals surface area contributed by atoms with Gasteiger partial charge in [-0.1, -0.05) is 61.8 Å². The van der Waals surface area contributed by atoms with Gasteiger partial charge in [-0.05, 0) is 103 Å². The number of aryl methyl sites for hydroxylation is 1. The van der Waals surface area contributed by atoms with Crippen LogP contribution >= 0.6 is 0 Å². The van der Waals surface area contributed by atoms with Gasteiger partial charge in [0.2, 0.25) is 0 Å². The maximum atomic E-state index is 7.71. The van der Waals surface area contributed by atoms with Gasteiger partial charge in [0.1, 0.15) is 0 Å². The van der Waals surface area contributed by atoms with Gasteiger partial charge in [-0.3, -0.25) is 20.8 Å². The maximum absolute atomic E-state index is 7.71. The molecule has 0 aliphatic carbocycles. The second kappa shape index (κ2) is 19.0. The number of nitrogens with zero attached hydrogens (tertiary/aromatic N) is 2. The van der Waals surface area contributed by atoms with Crippen molar-refractivity contribution in [2.24, 2.45) is 56.2 Å². The smallest absolute Gasteiger partial charge is 0.185 e. The normalized spacial score (nSPS) is 11.7. The molecule has 0 saturated heterocycles. The van der Waals surface area contributed by atoms with Gasteiger partial charge in [0, 0.05) is 47.2 Å². The zero-order chi connectivity index (χ0) is 35.8. The molecular weight excluding hydrogens is 608 g/mol. The summed E-state index contributed by atoms with van der Waals surface area (Å²) < 4.78 is 0. The first-order valence-corrected chi connectivity index (χ1v) is 16.2. The van der Waals surface area contributed by atoms with Crippen molar-refractivity contribution < 1.29 is 0 Å². The fraction of sp³-hybridized carbons (Fsp3) is 0.282. The minimum Gasteiger partial charge on any atom is -0.387 e. The second-order valence-corrected chi connectivity index (χ2v) is 12.0. The number of hydrogen-bond acceptors (Lipinski definition) is 4. The van der Waals surface area contributed by atoms with Crippen molar-refractivity contribution in [2.45, 2.75) is 46.0 Å². The van der Waals surface area contributed by atoms with Crippen LogP contribution in [-0.4, -0.2) is 36.7 Å². The van der Waals surface area contributed by atoms with E-state index in [9.17, 15) is 0 Å². The van der Waals surface area contributed by atoms with Gasteiger partial charge >= 0.3 is 0 Å². The summed E-state index contributed by atoms with van der Waals surface area (Å²) in [6.07, 6.45) is 7.59. The Morgan fingerprint density at radius 2 is 1.04 bits per heavy atom. The van der Waals surface area contributed by atoms with Crippen LogP contribution in [0.5, 0.6) is 0 Å². The predicted octanol–water partition coefficient (Wildman–Crippen LogP) is 3.29. The van der Waals surface area contributed by atoms with Crippen LogP contribution in [0.3, 0.4) is 0 Å². The zero-order valence-corrected chi connectivity index (χ0v) is 28.4. The molecule has 10 heteroatoms. The van der Waals surface area contributed by atoms with Crippen LogP contribution in [-0.2, 0) is 25.7 Å². The summed E-state index contributed by atoms with van der Waals surface area (Å²) in [5.41, 5.74) is 41.3. The molecule has 3 rings (SSSR count). The number of aliphatic imine (C=N–C) groups is 2. The largest absolute Gasteiger partial charge is 0.387 e. The molecule has 0 heterocycles. The topological polar surface area (TPSA) is 229 Å². The lowest BCUT2D eigenvalue weighted by molar-refractivity contribution is 0.673. The molecule has 0 spiro atoms. The summed E-state index contributed by atoms with van der Waals surface area (Å²) in [6.45, 7) is 4.84. The number of rotatable bonds is 14. The Labute approximate surface area is 290 Å². The Balaban J connectivity index is 1.81. The molecule has 3 aromatic carbocycles. The number of guanidine groups is 2. The number of amidine groups is 2. The molecule has 0 aliphatic heterocycles. The summed E-state index contributed by atoms with van der Waals surface area (Å²) in [5.74, 6) is 13.5. The number of allylic oxidation sites excluding steroid dienone is 1. The highest BCUT2D eigenvalue weighted by atomic mass is 15.0. The van der Waals surface area contributed by atoms with Crippen molar-refractivity contribution in [1.29, 1.82) is 10.8 Å². The third kappa shape index (κ3) is 14.1. The minimum atomic E-state index is -0.117. The summed E-state index contributed by atoms with van der Waals surface area (Å²) in [6, 6.07) is 20.4. The van der Waals surface area contributed by atoms with Gasteiger partial charge in [-0.25, -0.2) is 0 Å². The molecule has 3 aromatic rings. The highest BCUT2D eigenvalue weighted by Crippen LogP contribution is 2.16. The molecule has 0 aliphatic rings. The molecule has 0 saturated carbocycles. The lowest BCUT2D eigenvalue weighted by Crippen LogP contribution is -2.23. The van der Waals surface area contributed by atoms with Crippen LogP contribution in [0.4, 0.5) is 0 Å². The van der Waals surface area contributed by atoms with Crippen LogP contribution in [0.2, 0.25) is 0 Å². The molecule has 254 valence electrons. The maximum Gasteiger partial charge on any atom is 0.185 e. The summed E-state index contributed by atoms with van der Waals surface area (Å²) in [5, 5.41) is 15.3. The van der Waals surface area contributed by atoms with E-state index in [-0.39, 0.29) is 35.4 Å². The van der Waals surface area contributed by atoms with Gasteiger partial charge in [-0.15, -0.1) is 0 Å². The van der Waals surface area contributed by atoms with Gasteiger partial charge in [0.05, 0.1) is 11.7 Å². The Morgan fingerprint density at radius 3 is 1.49 bits per heavy atom. The predicted molar refractivity (Wildman–Crippen MR) is 203 cm³/mol. The van der Waals surface area contributed by atoms with E-state index in [1.54, 1.807) is 0 Å². The number of nitrogens with two attached hydrogens (primary N) is 6. The van der Waals surface area contributed by atoms with E-state index in [2.05, 4.69) is 70.1 Å². The first-order valence-electron chi connectivity index (χ1n) is 16.2. The van der Waals surface area contributed by atoms with E-state index in [0.717, 1.165) is 57.3 Å². The molecule has 0 radical (unpaired) electrons. The van der Waals surface area contributed by atoms with Gasteiger partial charge < -0.3 is 34.4 Å². The summed E-state index contributed by atoms with van der Waals surface area (Å²) in [4.78, 5) is 8.23. The molecule has 49 heavy (non-hydrogen) atoms. The molecule has 0 bridgehead atoms. The number of hydrogen-bond donors (Lipinski definition) is 8. The average molecular weight is 657 g/mol.